The molecule has 0 unspecified atom stereocenters. The van der Waals surface area contributed by atoms with E-state index in [4.69, 9.17) is 0 Å². The van der Waals surface area contributed by atoms with Gasteiger partial charge in [0.2, 0.25) is 0 Å². The minimum Gasteiger partial charge on any atom is -0.373 e. The van der Waals surface area contributed by atoms with Gasteiger partial charge >= 0.3 is 0 Å². The first kappa shape index (κ1) is 13.1. The van der Waals surface area contributed by atoms with Crippen LogP contribution in [-0.4, -0.2) is 28.6 Å². The molecule has 0 spiro atoms. The van der Waals surface area contributed by atoms with E-state index in [2.05, 4.69) is 69.4 Å². The Bertz CT molecular complexity index is 492. The highest BCUT2D eigenvalue weighted by molar-refractivity contribution is 9.10. The molecule has 0 bridgehead atoms. The van der Waals surface area contributed by atoms with Crippen LogP contribution < -0.4 is 4.90 Å². The van der Waals surface area contributed by atoms with Crippen LogP contribution in [0.3, 0.4) is 0 Å². The summed E-state index contributed by atoms with van der Waals surface area (Å²) < 4.78 is 3.00. The lowest BCUT2D eigenvalue weighted by molar-refractivity contribution is 0.587. The van der Waals surface area contributed by atoms with Crippen LogP contribution in [-0.2, 0) is 13.0 Å². The molecule has 0 amide bonds. The molecule has 1 heterocycles. The fourth-order valence-electron chi connectivity index (χ4n) is 1.69. The largest absolute Gasteiger partial charge is 0.373 e. The summed E-state index contributed by atoms with van der Waals surface area (Å²) in [7, 11) is 2.08. The Balaban J connectivity index is 1.91. The molecule has 0 fully saturated rings. The van der Waals surface area contributed by atoms with Gasteiger partial charge in [-0.3, -0.25) is 4.68 Å². The smallest absolute Gasteiger partial charge is 0.0824 e. The fraction of sp³-hybridized carbons (Fsp3) is 0.385. The molecule has 4 nitrogen and oxygen atoms in total. The van der Waals surface area contributed by atoms with E-state index in [-0.39, 0.29) is 0 Å². The molecular weight excluding hydrogens is 292 g/mol. The lowest BCUT2D eigenvalue weighted by atomic mass is 10.3. The summed E-state index contributed by atoms with van der Waals surface area (Å²) in [5.41, 5.74) is 2.25. The van der Waals surface area contributed by atoms with Crippen molar-refractivity contribution >= 4 is 21.6 Å². The predicted octanol–water partition coefficient (Wildman–Crippen LogP) is 2.74. The van der Waals surface area contributed by atoms with Gasteiger partial charge in [0.15, 0.2) is 0 Å². The van der Waals surface area contributed by atoms with Crippen molar-refractivity contribution in [3.05, 3.63) is 40.6 Å². The van der Waals surface area contributed by atoms with Crippen molar-refractivity contribution in [2.24, 2.45) is 0 Å². The first-order valence-electron chi connectivity index (χ1n) is 6.04. The Hall–Kier alpha value is -1.36. The monoisotopic (exact) mass is 308 g/mol. The van der Waals surface area contributed by atoms with Crippen LogP contribution >= 0.6 is 15.9 Å². The van der Waals surface area contributed by atoms with Crippen LogP contribution in [0.4, 0.5) is 5.69 Å². The normalized spacial score (nSPS) is 10.6. The van der Waals surface area contributed by atoms with Gasteiger partial charge in [-0.1, -0.05) is 28.1 Å². The van der Waals surface area contributed by atoms with Gasteiger partial charge in [0, 0.05) is 29.9 Å². The fourth-order valence-corrected chi connectivity index (χ4v) is 1.95. The van der Waals surface area contributed by atoms with Crippen molar-refractivity contribution in [1.29, 1.82) is 0 Å². The maximum absolute atomic E-state index is 4.10. The molecule has 1 aromatic heterocycles. The molecule has 0 aliphatic heterocycles. The van der Waals surface area contributed by atoms with Gasteiger partial charge in [0.25, 0.3) is 0 Å². The van der Waals surface area contributed by atoms with E-state index in [0.717, 1.165) is 29.7 Å². The zero-order chi connectivity index (χ0) is 13.0. The Morgan fingerprint density at radius 3 is 2.61 bits per heavy atom. The molecule has 0 aliphatic carbocycles. The topological polar surface area (TPSA) is 34.0 Å². The number of hydrogen-bond acceptors (Lipinski definition) is 3. The third kappa shape index (κ3) is 3.32. The first-order valence-corrected chi connectivity index (χ1v) is 6.84. The van der Waals surface area contributed by atoms with E-state index in [9.17, 15) is 0 Å². The van der Waals surface area contributed by atoms with Crippen molar-refractivity contribution in [3.8, 4) is 0 Å². The molecule has 0 radical (unpaired) electrons. The second-order valence-electron chi connectivity index (χ2n) is 4.22. The average Bonchev–Trinajstić information content (AvgIpc) is 2.85. The molecule has 0 atom stereocenters. The van der Waals surface area contributed by atoms with E-state index in [1.54, 1.807) is 0 Å². The predicted molar refractivity (Wildman–Crippen MR) is 76.8 cm³/mol. The maximum atomic E-state index is 4.10. The summed E-state index contributed by atoms with van der Waals surface area (Å²) in [5.74, 6) is 0. The number of nitrogens with zero attached hydrogens (tertiary/aromatic N) is 4. The van der Waals surface area contributed by atoms with Crippen molar-refractivity contribution < 1.29 is 0 Å². The number of aryl methyl sites for hydroxylation is 1. The summed E-state index contributed by atoms with van der Waals surface area (Å²) in [6.07, 6.45) is 2.94. The lowest BCUT2D eigenvalue weighted by Gasteiger charge is -2.19. The molecule has 0 aliphatic rings. The number of aromatic nitrogens is 3. The summed E-state index contributed by atoms with van der Waals surface area (Å²) in [4.78, 5) is 2.21. The van der Waals surface area contributed by atoms with Crippen molar-refractivity contribution in [3.63, 3.8) is 0 Å². The van der Waals surface area contributed by atoms with E-state index >= 15 is 0 Å². The Morgan fingerprint density at radius 2 is 2.00 bits per heavy atom. The van der Waals surface area contributed by atoms with Gasteiger partial charge in [0.05, 0.1) is 12.2 Å². The zero-order valence-electron chi connectivity index (χ0n) is 10.7. The molecule has 1 aromatic carbocycles. The summed E-state index contributed by atoms with van der Waals surface area (Å²) >= 11 is 3.44. The zero-order valence-corrected chi connectivity index (χ0v) is 12.3. The first-order chi connectivity index (χ1) is 8.69. The molecule has 0 saturated carbocycles. The van der Waals surface area contributed by atoms with Crippen LogP contribution in [0.1, 0.15) is 12.6 Å². The minimum absolute atomic E-state index is 0.847. The molecule has 18 heavy (non-hydrogen) atoms. The van der Waals surface area contributed by atoms with E-state index in [1.165, 1.54) is 5.69 Å². The molecule has 96 valence electrons. The molecule has 5 heteroatoms. The molecule has 0 N–H and O–H groups in total. The number of likely N-dealkylation sites (N-methyl/N-ethyl adjacent to an activating group) is 1. The van der Waals surface area contributed by atoms with Crippen molar-refractivity contribution in [2.45, 2.75) is 19.9 Å². The molecular formula is C13H17BrN4. The highest BCUT2D eigenvalue weighted by atomic mass is 79.9. The highest BCUT2D eigenvalue weighted by Gasteiger charge is 2.02. The van der Waals surface area contributed by atoms with E-state index in [1.807, 2.05) is 10.9 Å². The van der Waals surface area contributed by atoms with Gasteiger partial charge in [-0.2, -0.15) is 0 Å². The second kappa shape index (κ2) is 6.00. The molecule has 0 saturated heterocycles. The lowest BCUT2D eigenvalue weighted by Crippen LogP contribution is -2.22. The van der Waals surface area contributed by atoms with Crippen LogP contribution in [0.5, 0.6) is 0 Å². The summed E-state index contributed by atoms with van der Waals surface area (Å²) in [5, 5.41) is 8.18. The number of rotatable bonds is 5. The van der Waals surface area contributed by atoms with Crippen molar-refractivity contribution in [1.82, 2.24) is 15.0 Å². The van der Waals surface area contributed by atoms with Gasteiger partial charge in [-0.05, 0) is 30.7 Å². The molecule has 2 aromatic rings. The number of hydrogen-bond donors (Lipinski definition) is 0. The Morgan fingerprint density at radius 1 is 1.28 bits per heavy atom. The standard InChI is InChI=1S/C13H17BrN4/c1-3-12-10-18(16-15-12)9-8-17(2)13-6-4-11(14)5-7-13/h4-7,10H,3,8-9H2,1-2H3. The maximum Gasteiger partial charge on any atom is 0.0824 e. The number of halogens is 1. The Kier molecular flexibility index (Phi) is 4.36. The van der Waals surface area contributed by atoms with Crippen LogP contribution in [0.2, 0.25) is 0 Å². The Labute approximate surface area is 116 Å². The minimum atomic E-state index is 0.847. The number of benzene rings is 1. The van der Waals surface area contributed by atoms with Gasteiger partial charge in [-0.25, -0.2) is 0 Å². The second-order valence-corrected chi connectivity index (χ2v) is 5.14. The van der Waals surface area contributed by atoms with E-state index in [0.29, 0.717) is 0 Å². The third-order valence-electron chi connectivity index (χ3n) is 2.88. The quantitative estimate of drug-likeness (QED) is 0.851. The van der Waals surface area contributed by atoms with Crippen LogP contribution in [0.15, 0.2) is 34.9 Å². The van der Waals surface area contributed by atoms with Crippen molar-refractivity contribution in [2.75, 3.05) is 18.5 Å². The van der Waals surface area contributed by atoms with E-state index < -0.39 is 0 Å². The summed E-state index contributed by atoms with van der Waals surface area (Å²) in [6, 6.07) is 8.30. The highest BCUT2D eigenvalue weighted by Crippen LogP contribution is 2.17. The summed E-state index contributed by atoms with van der Waals surface area (Å²) in [6.45, 7) is 3.84. The van der Waals surface area contributed by atoms with Crippen LogP contribution in [0, 0.1) is 0 Å². The number of anilines is 1. The van der Waals surface area contributed by atoms with Gasteiger partial charge in [0.1, 0.15) is 0 Å². The van der Waals surface area contributed by atoms with Crippen LogP contribution in [0.25, 0.3) is 0 Å². The molecule has 2 rings (SSSR count). The van der Waals surface area contributed by atoms with Gasteiger partial charge < -0.3 is 4.90 Å². The SMILES string of the molecule is CCc1cn(CCN(C)c2ccc(Br)cc2)nn1. The van der Waals surface area contributed by atoms with Gasteiger partial charge in [-0.15, -0.1) is 5.10 Å². The average molecular weight is 309 g/mol. The third-order valence-corrected chi connectivity index (χ3v) is 3.41.